The van der Waals surface area contributed by atoms with Crippen molar-refractivity contribution in [3.63, 3.8) is 0 Å². The van der Waals surface area contributed by atoms with E-state index in [1.165, 1.54) is 0 Å². The lowest BCUT2D eigenvalue weighted by molar-refractivity contribution is -0.116. The minimum absolute atomic E-state index is 0.121. The fourth-order valence-corrected chi connectivity index (χ4v) is 1.63. The van der Waals surface area contributed by atoms with Crippen molar-refractivity contribution in [2.75, 3.05) is 5.32 Å². The standard InChI is InChI=1S/C14H22N2O2/c1-9(2)12(15)8-14(18)16-13-7-5-4-6-11(13)10(3)17/h4-7,9-10,12,17H,8,15H2,1-3H3,(H,16,18). The van der Waals surface area contributed by atoms with Crippen LogP contribution in [0.3, 0.4) is 0 Å². The molecule has 1 amide bonds. The molecule has 0 bridgehead atoms. The largest absolute Gasteiger partial charge is 0.389 e. The molecular weight excluding hydrogens is 228 g/mol. The number of rotatable bonds is 5. The minimum atomic E-state index is -0.611. The van der Waals surface area contributed by atoms with Crippen LogP contribution in [0.2, 0.25) is 0 Å². The normalized spacial score (nSPS) is 14.3. The van der Waals surface area contributed by atoms with Gasteiger partial charge in [0.15, 0.2) is 0 Å². The highest BCUT2D eigenvalue weighted by Gasteiger charge is 2.15. The smallest absolute Gasteiger partial charge is 0.225 e. The molecule has 2 atom stereocenters. The molecule has 4 N–H and O–H groups in total. The maximum absolute atomic E-state index is 11.8. The van der Waals surface area contributed by atoms with Gasteiger partial charge in [-0.15, -0.1) is 0 Å². The second-order valence-electron chi connectivity index (χ2n) is 4.92. The third kappa shape index (κ3) is 4.13. The van der Waals surface area contributed by atoms with Gasteiger partial charge in [-0.1, -0.05) is 32.0 Å². The summed E-state index contributed by atoms with van der Waals surface area (Å²) in [6.07, 6.45) is -0.327. The van der Waals surface area contributed by atoms with Crippen molar-refractivity contribution in [2.45, 2.75) is 39.3 Å². The van der Waals surface area contributed by atoms with E-state index in [-0.39, 0.29) is 24.3 Å². The van der Waals surface area contributed by atoms with Crippen molar-refractivity contribution in [2.24, 2.45) is 11.7 Å². The Bertz CT molecular complexity index is 403. The molecule has 0 fully saturated rings. The number of amides is 1. The second-order valence-corrected chi connectivity index (χ2v) is 4.92. The van der Waals surface area contributed by atoms with E-state index in [9.17, 15) is 9.90 Å². The van der Waals surface area contributed by atoms with E-state index in [0.29, 0.717) is 11.3 Å². The summed E-state index contributed by atoms with van der Waals surface area (Å²) < 4.78 is 0. The summed E-state index contributed by atoms with van der Waals surface area (Å²) in [6.45, 7) is 5.65. The third-order valence-electron chi connectivity index (χ3n) is 2.96. The lowest BCUT2D eigenvalue weighted by Gasteiger charge is -2.17. The van der Waals surface area contributed by atoms with Crippen molar-refractivity contribution in [1.29, 1.82) is 0 Å². The van der Waals surface area contributed by atoms with Crippen LogP contribution in [-0.2, 0) is 4.79 Å². The molecule has 0 spiro atoms. The van der Waals surface area contributed by atoms with Crippen molar-refractivity contribution in [1.82, 2.24) is 0 Å². The van der Waals surface area contributed by atoms with Crippen LogP contribution in [0.25, 0.3) is 0 Å². The van der Waals surface area contributed by atoms with E-state index >= 15 is 0 Å². The Morgan fingerprint density at radius 1 is 1.33 bits per heavy atom. The summed E-state index contributed by atoms with van der Waals surface area (Å²) in [4.78, 5) is 11.8. The van der Waals surface area contributed by atoms with E-state index in [2.05, 4.69) is 5.32 Å². The van der Waals surface area contributed by atoms with Crippen molar-refractivity contribution < 1.29 is 9.90 Å². The van der Waals surface area contributed by atoms with Gasteiger partial charge >= 0.3 is 0 Å². The monoisotopic (exact) mass is 250 g/mol. The molecule has 4 heteroatoms. The highest BCUT2D eigenvalue weighted by molar-refractivity contribution is 5.91. The van der Waals surface area contributed by atoms with Crippen molar-refractivity contribution in [3.8, 4) is 0 Å². The first-order valence-electron chi connectivity index (χ1n) is 6.24. The molecule has 0 aliphatic heterocycles. The Balaban J connectivity index is 2.70. The molecule has 18 heavy (non-hydrogen) atoms. The summed E-state index contributed by atoms with van der Waals surface area (Å²) in [7, 11) is 0. The average Bonchev–Trinajstić information content (AvgIpc) is 2.28. The van der Waals surface area contributed by atoms with Gasteiger partial charge in [-0.05, 0) is 18.9 Å². The lowest BCUT2D eigenvalue weighted by atomic mass is 10.0. The van der Waals surface area contributed by atoms with E-state index in [4.69, 9.17) is 5.73 Å². The van der Waals surface area contributed by atoms with Crippen LogP contribution in [0, 0.1) is 5.92 Å². The van der Waals surface area contributed by atoms with Crippen LogP contribution in [0.15, 0.2) is 24.3 Å². The average molecular weight is 250 g/mol. The molecule has 0 aliphatic rings. The van der Waals surface area contributed by atoms with Crippen LogP contribution < -0.4 is 11.1 Å². The summed E-state index contributed by atoms with van der Waals surface area (Å²) in [5.41, 5.74) is 7.22. The molecular formula is C14H22N2O2. The first kappa shape index (κ1) is 14.7. The van der Waals surface area contributed by atoms with Gasteiger partial charge in [-0.25, -0.2) is 0 Å². The SMILES string of the molecule is CC(O)c1ccccc1NC(=O)CC(N)C(C)C. The number of aliphatic hydroxyl groups is 1. The Morgan fingerprint density at radius 2 is 1.94 bits per heavy atom. The number of nitrogens with one attached hydrogen (secondary N) is 1. The number of aliphatic hydroxyl groups excluding tert-OH is 1. The third-order valence-corrected chi connectivity index (χ3v) is 2.96. The Hall–Kier alpha value is -1.39. The predicted molar refractivity (Wildman–Crippen MR) is 73.1 cm³/mol. The van der Waals surface area contributed by atoms with Crippen LogP contribution >= 0.6 is 0 Å². The molecule has 0 aromatic heterocycles. The van der Waals surface area contributed by atoms with E-state index in [0.717, 1.165) is 0 Å². The summed E-state index contributed by atoms with van der Waals surface area (Å²) in [6, 6.07) is 7.08. The van der Waals surface area contributed by atoms with E-state index in [1.54, 1.807) is 19.1 Å². The summed E-state index contributed by atoms with van der Waals surface area (Å²) in [5.74, 6) is 0.145. The highest BCUT2D eigenvalue weighted by atomic mass is 16.3. The molecule has 100 valence electrons. The molecule has 0 saturated heterocycles. The summed E-state index contributed by atoms with van der Waals surface area (Å²) in [5, 5.41) is 12.4. The van der Waals surface area contributed by atoms with Crippen LogP contribution in [0.4, 0.5) is 5.69 Å². The van der Waals surface area contributed by atoms with Gasteiger partial charge in [0.1, 0.15) is 0 Å². The van der Waals surface area contributed by atoms with E-state index in [1.807, 2.05) is 26.0 Å². The van der Waals surface area contributed by atoms with Gasteiger partial charge in [0, 0.05) is 23.7 Å². The summed E-state index contributed by atoms with van der Waals surface area (Å²) >= 11 is 0. The molecule has 0 saturated carbocycles. The fraction of sp³-hybridized carbons (Fsp3) is 0.500. The molecule has 2 unspecified atom stereocenters. The number of nitrogens with two attached hydrogens (primary N) is 1. The Kier molecular flexibility index (Phi) is 5.31. The van der Waals surface area contributed by atoms with E-state index < -0.39 is 6.10 Å². The fourth-order valence-electron chi connectivity index (χ4n) is 1.63. The highest BCUT2D eigenvalue weighted by Crippen LogP contribution is 2.22. The molecule has 1 aromatic rings. The van der Waals surface area contributed by atoms with Crippen molar-refractivity contribution >= 4 is 11.6 Å². The zero-order valence-electron chi connectivity index (χ0n) is 11.2. The van der Waals surface area contributed by atoms with Gasteiger partial charge in [-0.2, -0.15) is 0 Å². The Morgan fingerprint density at radius 3 is 2.50 bits per heavy atom. The molecule has 0 radical (unpaired) electrons. The number of para-hydroxylation sites is 1. The molecule has 1 aromatic carbocycles. The number of hydrogen-bond acceptors (Lipinski definition) is 3. The quantitative estimate of drug-likeness (QED) is 0.748. The van der Waals surface area contributed by atoms with Crippen LogP contribution in [-0.4, -0.2) is 17.1 Å². The van der Waals surface area contributed by atoms with Crippen LogP contribution in [0.5, 0.6) is 0 Å². The topological polar surface area (TPSA) is 75.3 Å². The zero-order valence-corrected chi connectivity index (χ0v) is 11.2. The minimum Gasteiger partial charge on any atom is -0.389 e. The van der Waals surface area contributed by atoms with Gasteiger partial charge in [0.2, 0.25) is 5.91 Å². The Labute approximate surface area is 108 Å². The number of anilines is 1. The number of benzene rings is 1. The number of hydrogen-bond donors (Lipinski definition) is 3. The first-order valence-corrected chi connectivity index (χ1v) is 6.24. The van der Waals surface area contributed by atoms with Crippen molar-refractivity contribution in [3.05, 3.63) is 29.8 Å². The van der Waals surface area contributed by atoms with Gasteiger partial charge in [0.05, 0.1) is 6.10 Å². The van der Waals surface area contributed by atoms with Crippen LogP contribution in [0.1, 0.15) is 38.9 Å². The first-order chi connectivity index (χ1) is 8.41. The maximum Gasteiger partial charge on any atom is 0.225 e. The van der Waals surface area contributed by atoms with Gasteiger partial charge < -0.3 is 16.2 Å². The lowest BCUT2D eigenvalue weighted by Crippen LogP contribution is -2.31. The zero-order chi connectivity index (χ0) is 13.7. The molecule has 0 aliphatic carbocycles. The predicted octanol–water partition coefficient (Wildman–Crippen LogP) is 2.05. The molecule has 0 heterocycles. The second kappa shape index (κ2) is 6.52. The molecule has 1 rings (SSSR count). The van der Waals surface area contributed by atoms with Gasteiger partial charge in [0.25, 0.3) is 0 Å². The van der Waals surface area contributed by atoms with Gasteiger partial charge in [-0.3, -0.25) is 4.79 Å². The number of carbonyl (C=O) groups excluding carboxylic acids is 1. The molecule has 4 nitrogen and oxygen atoms in total. The number of carbonyl (C=O) groups is 1. The maximum atomic E-state index is 11.8.